The summed E-state index contributed by atoms with van der Waals surface area (Å²) in [6, 6.07) is -0.617. The van der Waals surface area contributed by atoms with Crippen LogP contribution in [0.4, 0.5) is 0 Å². The molecule has 20 heavy (non-hydrogen) atoms. The summed E-state index contributed by atoms with van der Waals surface area (Å²) in [5.41, 5.74) is 0. The van der Waals surface area contributed by atoms with Crippen molar-refractivity contribution in [1.29, 1.82) is 0 Å². The Hall–Kier alpha value is -0.950. The van der Waals surface area contributed by atoms with E-state index in [2.05, 4.69) is 17.3 Å². The van der Waals surface area contributed by atoms with Crippen LogP contribution in [-0.2, 0) is 20.4 Å². The number of amides is 1. The van der Waals surface area contributed by atoms with E-state index in [9.17, 15) is 13.8 Å². The highest BCUT2D eigenvalue weighted by Crippen LogP contribution is 2.17. The van der Waals surface area contributed by atoms with Gasteiger partial charge in [0.2, 0.25) is 5.91 Å². The lowest BCUT2D eigenvalue weighted by atomic mass is 10.0. The van der Waals surface area contributed by atoms with E-state index < -0.39 is 28.7 Å². The van der Waals surface area contributed by atoms with E-state index in [1.165, 1.54) is 19.8 Å². The first-order valence-corrected chi connectivity index (χ1v) is 8.44. The van der Waals surface area contributed by atoms with Crippen molar-refractivity contribution in [2.75, 3.05) is 25.1 Å². The fourth-order valence-electron chi connectivity index (χ4n) is 2.47. The van der Waals surface area contributed by atoms with Crippen LogP contribution in [0.15, 0.2) is 0 Å². The summed E-state index contributed by atoms with van der Waals surface area (Å²) < 4.78 is 12.0. The Bertz CT molecular complexity index is 375. The number of hydrogen-bond acceptors (Lipinski definition) is 4. The molecule has 0 saturated carbocycles. The van der Waals surface area contributed by atoms with Crippen LogP contribution in [0, 0.1) is 0 Å². The van der Waals surface area contributed by atoms with E-state index in [-0.39, 0.29) is 5.75 Å². The molecule has 0 aromatic carbocycles. The van der Waals surface area contributed by atoms with Gasteiger partial charge in [0, 0.05) is 29.5 Å². The van der Waals surface area contributed by atoms with Gasteiger partial charge in [0.25, 0.3) is 0 Å². The summed E-state index contributed by atoms with van der Waals surface area (Å²) >= 11 is 0. The van der Waals surface area contributed by atoms with E-state index in [0.29, 0.717) is 11.8 Å². The molecule has 7 heteroatoms. The largest absolute Gasteiger partial charge is 0.480 e. The standard InChI is InChI=1S/C13H24N2O4S/c1-10(16)14-12(13(17)18)9-20(19)8-6-11-5-3-4-7-15(11)2/h11-12H,3-9H2,1-2H3,(H,14,16)(H,17,18)/t11?,12-,20?/m0/s1. The number of carbonyl (C=O) groups is 2. The van der Waals surface area contributed by atoms with Crippen LogP contribution in [-0.4, -0.2) is 63.3 Å². The minimum absolute atomic E-state index is 0.0225. The van der Waals surface area contributed by atoms with Crippen LogP contribution in [0.3, 0.4) is 0 Å². The number of piperidine rings is 1. The van der Waals surface area contributed by atoms with Gasteiger partial charge in [-0.2, -0.15) is 0 Å². The zero-order valence-corrected chi connectivity index (χ0v) is 12.9. The van der Waals surface area contributed by atoms with Crippen molar-refractivity contribution in [3.05, 3.63) is 0 Å². The van der Waals surface area contributed by atoms with E-state index in [4.69, 9.17) is 5.11 Å². The number of hydrogen-bond donors (Lipinski definition) is 2. The van der Waals surface area contributed by atoms with Gasteiger partial charge in [-0.3, -0.25) is 9.00 Å². The number of nitrogens with one attached hydrogen (secondary N) is 1. The monoisotopic (exact) mass is 304 g/mol. The number of aliphatic carboxylic acids is 1. The van der Waals surface area contributed by atoms with Crippen LogP contribution >= 0.6 is 0 Å². The Morgan fingerprint density at radius 2 is 2.15 bits per heavy atom. The smallest absolute Gasteiger partial charge is 0.327 e. The second-order valence-electron chi connectivity index (χ2n) is 5.32. The average Bonchev–Trinajstić information content (AvgIpc) is 2.36. The molecule has 0 aromatic rings. The van der Waals surface area contributed by atoms with Crippen molar-refractivity contribution in [3.8, 4) is 0 Å². The summed E-state index contributed by atoms with van der Waals surface area (Å²) in [6.07, 6.45) is 4.34. The van der Waals surface area contributed by atoms with Gasteiger partial charge >= 0.3 is 5.97 Å². The Labute approximate surface area is 122 Å². The maximum absolute atomic E-state index is 12.0. The number of carboxylic acids is 1. The van der Waals surface area contributed by atoms with Crippen molar-refractivity contribution in [2.24, 2.45) is 0 Å². The van der Waals surface area contributed by atoms with Crippen molar-refractivity contribution in [3.63, 3.8) is 0 Å². The maximum atomic E-state index is 12.0. The van der Waals surface area contributed by atoms with Crippen molar-refractivity contribution >= 4 is 22.7 Å². The summed E-state index contributed by atoms with van der Waals surface area (Å²) in [5.74, 6) is -1.09. The SMILES string of the molecule is CC(=O)N[C@@H](CS(=O)CCC1CCCCN1C)C(=O)O. The molecule has 1 saturated heterocycles. The molecule has 116 valence electrons. The molecule has 3 atom stereocenters. The van der Waals surface area contributed by atoms with Crippen LogP contribution < -0.4 is 5.32 Å². The number of rotatable bonds is 7. The highest BCUT2D eigenvalue weighted by Gasteiger charge is 2.23. The molecule has 1 aliphatic heterocycles. The van der Waals surface area contributed by atoms with Crippen LogP contribution in [0.1, 0.15) is 32.6 Å². The molecule has 1 aliphatic rings. The van der Waals surface area contributed by atoms with Gasteiger partial charge < -0.3 is 15.3 Å². The Balaban J connectivity index is 2.37. The number of carbonyl (C=O) groups excluding carboxylic acids is 1. The molecule has 1 rings (SSSR count). The molecular formula is C13H24N2O4S. The number of likely N-dealkylation sites (tertiary alicyclic amines) is 1. The third-order valence-corrected chi connectivity index (χ3v) is 5.02. The molecule has 0 spiro atoms. The van der Waals surface area contributed by atoms with Gasteiger partial charge in [0.1, 0.15) is 6.04 Å². The second-order valence-corrected chi connectivity index (χ2v) is 6.94. The Morgan fingerprint density at radius 3 is 2.70 bits per heavy atom. The third kappa shape index (κ3) is 6.00. The molecular weight excluding hydrogens is 280 g/mol. The molecule has 0 radical (unpaired) electrons. The molecule has 1 fully saturated rings. The highest BCUT2D eigenvalue weighted by molar-refractivity contribution is 7.85. The van der Waals surface area contributed by atoms with Gasteiger partial charge in [-0.15, -0.1) is 0 Å². The fourth-order valence-corrected chi connectivity index (χ4v) is 3.76. The molecule has 0 aliphatic carbocycles. The lowest BCUT2D eigenvalue weighted by molar-refractivity contribution is -0.140. The Kier molecular flexibility index (Phi) is 7.15. The average molecular weight is 304 g/mol. The van der Waals surface area contributed by atoms with Gasteiger partial charge in [-0.05, 0) is 32.9 Å². The first-order chi connectivity index (χ1) is 9.40. The molecule has 6 nitrogen and oxygen atoms in total. The molecule has 0 bridgehead atoms. The molecule has 1 heterocycles. The summed E-state index contributed by atoms with van der Waals surface area (Å²) in [6.45, 7) is 2.33. The maximum Gasteiger partial charge on any atom is 0.327 e. The minimum Gasteiger partial charge on any atom is -0.480 e. The minimum atomic E-state index is -1.23. The van der Waals surface area contributed by atoms with Crippen molar-refractivity contribution in [1.82, 2.24) is 10.2 Å². The molecule has 2 unspecified atom stereocenters. The second kappa shape index (κ2) is 8.36. The van der Waals surface area contributed by atoms with E-state index in [1.807, 2.05) is 0 Å². The predicted octanol–water partition coefficient (Wildman–Crippen LogP) is 0.199. The topological polar surface area (TPSA) is 86.7 Å². The van der Waals surface area contributed by atoms with Crippen molar-refractivity contribution in [2.45, 2.75) is 44.7 Å². The van der Waals surface area contributed by atoms with E-state index >= 15 is 0 Å². The fraction of sp³-hybridized carbons (Fsp3) is 0.846. The van der Waals surface area contributed by atoms with Crippen LogP contribution in [0.25, 0.3) is 0 Å². The summed E-state index contributed by atoms with van der Waals surface area (Å²) in [4.78, 5) is 24.2. The van der Waals surface area contributed by atoms with E-state index in [1.54, 1.807) is 0 Å². The van der Waals surface area contributed by atoms with Gasteiger partial charge in [-0.1, -0.05) is 6.42 Å². The highest BCUT2D eigenvalue weighted by atomic mass is 32.2. The number of nitrogens with zero attached hydrogens (tertiary/aromatic N) is 1. The normalized spacial score (nSPS) is 23.0. The summed E-state index contributed by atoms with van der Waals surface area (Å²) in [7, 11) is 0.848. The molecule has 1 amide bonds. The predicted molar refractivity (Wildman–Crippen MR) is 78.0 cm³/mol. The Morgan fingerprint density at radius 1 is 1.45 bits per heavy atom. The van der Waals surface area contributed by atoms with Crippen LogP contribution in [0.2, 0.25) is 0 Å². The zero-order valence-electron chi connectivity index (χ0n) is 12.1. The summed E-state index contributed by atoms with van der Waals surface area (Å²) in [5, 5.41) is 11.3. The first kappa shape index (κ1) is 17.1. The number of carboxylic acid groups (broad SMARTS) is 1. The molecule has 0 aromatic heterocycles. The quantitative estimate of drug-likeness (QED) is 0.701. The lowest BCUT2D eigenvalue weighted by Crippen LogP contribution is -2.44. The van der Waals surface area contributed by atoms with Gasteiger partial charge in [0.05, 0.1) is 5.75 Å². The van der Waals surface area contributed by atoms with E-state index in [0.717, 1.165) is 19.4 Å². The zero-order chi connectivity index (χ0) is 15.1. The van der Waals surface area contributed by atoms with Crippen LogP contribution in [0.5, 0.6) is 0 Å². The van der Waals surface area contributed by atoms with Crippen molar-refractivity contribution < 1.29 is 18.9 Å². The first-order valence-electron chi connectivity index (χ1n) is 6.95. The van der Waals surface area contributed by atoms with Gasteiger partial charge in [-0.25, -0.2) is 4.79 Å². The lowest BCUT2D eigenvalue weighted by Gasteiger charge is -2.32. The third-order valence-electron chi connectivity index (χ3n) is 3.63. The van der Waals surface area contributed by atoms with Gasteiger partial charge in [0.15, 0.2) is 0 Å². The molecule has 2 N–H and O–H groups in total.